The second-order valence-corrected chi connectivity index (χ2v) is 5.03. The highest BCUT2D eigenvalue weighted by Crippen LogP contribution is 2.27. The lowest BCUT2D eigenvalue weighted by atomic mass is 10.1. The van der Waals surface area contributed by atoms with Crippen LogP contribution >= 0.6 is 15.9 Å². The van der Waals surface area contributed by atoms with Crippen LogP contribution in [0.25, 0.3) is 0 Å². The van der Waals surface area contributed by atoms with E-state index < -0.39 is 5.97 Å². The predicted molar refractivity (Wildman–Crippen MR) is 74.9 cm³/mol. The summed E-state index contributed by atoms with van der Waals surface area (Å²) in [6, 6.07) is 6.69. The van der Waals surface area contributed by atoms with E-state index in [4.69, 9.17) is 9.84 Å². The number of aromatic nitrogens is 1. The smallest absolute Gasteiger partial charge is 0.339 e. The van der Waals surface area contributed by atoms with Gasteiger partial charge < -0.3 is 9.84 Å². The second kappa shape index (κ2) is 5.40. The van der Waals surface area contributed by atoms with Gasteiger partial charge in [-0.3, -0.25) is 0 Å². The van der Waals surface area contributed by atoms with Crippen molar-refractivity contribution >= 4 is 21.9 Å². The zero-order valence-corrected chi connectivity index (χ0v) is 12.1. The van der Waals surface area contributed by atoms with Gasteiger partial charge in [0.25, 0.3) is 0 Å². The van der Waals surface area contributed by atoms with Crippen molar-refractivity contribution in [1.82, 2.24) is 4.98 Å². The number of carbonyl (C=O) groups is 1. The van der Waals surface area contributed by atoms with E-state index in [-0.39, 0.29) is 5.56 Å². The van der Waals surface area contributed by atoms with Gasteiger partial charge in [-0.25, -0.2) is 9.78 Å². The molecule has 0 atom stereocenters. The maximum absolute atomic E-state index is 11.1. The molecule has 4 nitrogen and oxygen atoms in total. The summed E-state index contributed by atoms with van der Waals surface area (Å²) in [6.07, 6.45) is 1.63. The van der Waals surface area contributed by atoms with E-state index in [2.05, 4.69) is 20.9 Å². The molecule has 19 heavy (non-hydrogen) atoms. The normalized spacial score (nSPS) is 10.3. The molecule has 5 heteroatoms. The number of aromatic carboxylic acids is 1. The molecule has 1 heterocycles. The topological polar surface area (TPSA) is 59.4 Å². The van der Waals surface area contributed by atoms with Crippen LogP contribution in [0.4, 0.5) is 0 Å². The van der Waals surface area contributed by atoms with E-state index in [1.807, 2.05) is 13.8 Å². The summed E-state index contributed by atoms with van der Waals surface area (Å²) >= 11 is 3.35. The van der Waals surface area contributed by atoms with Gasteiger partial charge in [-0.05, 0) is 53.0 Å². The number of benzene rings is 1. The lowest BCUT2D eigenvalue weighted by molar-refractivity contribution is 0.0694. The fraction of sp³-hybridized carbons (Fsp3) is 0.143. The third kappa shape index (κ3) is 3.12. The Bertz CT molecular complexity index is 641. The first-order valence-corrected chi connectivity index (χ1v) is 6.40. The number of halogens is 1. The third-order valence-electron chi connectivity index (χ3n) is 2.60. The van der Waals surface area contributed by atoms with Crippen molar-refractivity contribution in [2.24, 2.45) is 0 Å². The van der Waals surface area contributed by atoms with Gasteiger partial charge in [0, 0.05) is 16.7 Å². The first kappa shape index (κ1) is 13.5. The number of carboxylic acids is 1. The van der Waals surface area contributed by atoms with Crippen molar-refractivity contribution in [3.63, 3.8) is 0 Å². The summed E-state index contributed by atoms with van der Waals surface area (Å²) in [5.41, 5.74) is 2.01. The van der Waals surface area contributed by atoms with Crippen LogP contribution in [0, 0.1) is 13.8 Å². The molecule has 0 spiro atoms. The van der Waals surface area contributed by atoms with Gasteiger partial charge in [0.2, 0.25) is 5.88 Å². The number of pyridine rings is 1. The van der Waals surface area contributed by atoms with Crippen molar-refractivity contribution in [3.8, 4) is 11.6 Å². The molecule has 1 aromatic carbocycles. The molecule has 0 radical (unpaired) electrons. The highest BCUT2D eigenvalue weighted by Gasteiger charge is 2.13. The molecular formula is C14H12BrNO3. The SMILES string of the molecule is Cc1ccc(C(=O)O)c(Oc2cc(C)c(Br)cn2)c1. The first-order chi connectivity index (χ1) is 8.97. The maximum atomic E-state index is 11.1. The fourth-order valence-electron chi connectivity index (χ4n) is 1.57. The van der Waals surface area contributed by atoms with Gasteiger partial charge in [0.15, 0.2) is 0 Å². The van der Waals surface area contributed by atoms with Gasteiger partial charge in [0.05, 0.1) is 0 Å². The molecular weight excluding hydrogens is 310 g/mol. The summed E-state index contributed by atoms with van der Waals surface area (Å²) < 4.78 is 6.45. The molecule has 2 aromatic rings. The average Bonchev–Trinajstić information content (AvgIpc) is 2.33. The molecule has 0 fully saturated rings. The molecule has 0 aliphatic carbocycles. The summed E-state index contributed by atoms with van der Waals surface area (Å²) in [7, 11) is 0. The number of aryl methyl sites for hydroxylation is 2. The minimum Gasteiger partial charge on any atom is -0.478 e. The monoisotopic (exact) mass is 321 g/mol. The van der Waals surface area contributed by atoms with Crippen molar-refractivity contribution in [3.05, 3.63) is 51.6 Å². The highest BCUT2D eigenvalue weighted by molar-refractivity contribution is 9.10. The Hall–Kier alpha value is -1.88. The van der Waals surface area contributed by atoms with Crippen molar-refractivity contribution in [2.45, 2.75) is 13.8 Å². The Morgan fingerprint density at radius 1 is 1.32 bits per heavy atom. The molecule has 0 saturated heterocycles. The number of ether oxygens (including phenoxy) is 1. The molecule has 0 bridgehead atoms. The quantitative estimate of drug-likeness (QED) is 0.929. The van der Waals surface area contributed by atoms with E-state index in [0.717, 1.165) is 15.6 Å². The molecule has 1 N–H and O–H groups in total. The van der Waals surface area contributed by atoms with Crippen LogP contribution < -0.4 is 4.74 Å². The van der Waals surface area contributed by atoms with Gasteiger partial charge in [0.1, 0.15) is 11.3 Å². The fourth-order valence-corrected chi connectivity index (χ4v) is 1.79. The van der Waals surface area contributed by atoms with E-state index in [9.17, 15) is 4.79 Å². The number of carboxylic acid groups (broad SMARTS) is 1. The van der Waals surface area contributed by atoms with E-state index in [1.165, 1.54) is 6.07 Å². The summed E-state index contributed by atoms with van der Waals surface area (Å²) in [4.78, 5) is 15.2. The lowest BCUT2D eigenvalue weighted by Gasteiger charge is -2.09. The Balaban J connectivity index is 2.39. The van der Waals surface area contributed by atoms with Crippen molar-refractivity contribution in [2.75, 3.05) is 0 Å². The molecule has 0 amide bonds. The highest BCUT2D eigenvalue weighted by atomic mass is 79.9. The van der Waals surface area contributed by atoms with Crippen LogP contribution in [0.5, 0.6) is 11.6 Å². The summed E-state index contributed by atoms with van der Waals surface area (Å²) in [6.45, 7) is 3.78. The zero-order valence-electron chi connectivity index (χ0n) is 10.5. The van der Waals surface area contributed by atoms with Crippen LogP contribution in [0.15, 0.2) is 34.9 Å². The second-order valence-electron chi connectivity index (χ2n) is 4.18. The predicted octanol–water partition coefficient (Wildman–Crippen LogP) is 3.95. The Labute approximate surface area is 119 Å². The molecule has 2 rings (SSSR count). The number of hydrogen-bond donors (Lipinski definition) is 1. The molecule has 1 aromatic heterocycles. The summed E-state index contributed by atoms with van der Waals surface area (Å²) in [5, 5.41) is 9.13. The minimum absolute atomic E-state index is 0.118. The van der Waals surface area contributed by atoms with Gasteiger partial charge in [-0.1, -0.05) is 6.07 Å². The van der Waals surface area contributed by atoms with Crippen LogP contribution in [0.1, 0.15) is 21.5 Å². The van der Waals surface area contributed by atoms with Gasteiger partial charge in [-0.2, -0.15) is 0 Å². The molecule has 0 aliphatic rings. The molecule has 98 valence electrons. The molecule has 0 unspecified atom stereocenters. The van der Waals surface area contributed by atoms with Crippen LogP contribution in [0.2, 0.25) is 0 Å². The third-order valence-corrected chi connectivity index (χ3v) is 3.43. The minimum atomic E-state index is -1.02. The first-order valence-electron chi connectivity index (χ1n) is 5.61. The van der Waals surface area contributed by atoms with Crippen molar-refractivity contribution in [1.29, 1.82) is 0 Å². The Kier molecular flexibility index (Phi) is 3.85. The van der Waals surface area contributed by atoms with E-state index in [0.29, 0.717) is 11.6 Å². The van der Waals surface area contributed by atoms with E-state index in [1.54, 1.807) is 24.4 Å². The number of hydrogen-bond acceptors (Lipinski definition) is 3. The van der Waals surface area contributed by atoms with Crippen LogP contribution in [-0.2, 0) is 0 Å². The molecule has 0 aliphatic heterocycles. The zero-order chi connectivity index (χ0) is 14.0. The largest absolute Gasteiger partial charge is 0.478 e. The average molecular weight is 322 g/mol. The van der Waals surface area contributed by atoms with Gasteiger partial charge >= 0.3 is 5.97 Å². The van der Waals surface area contributed by atoms with Crippen LogP contribution in [-0.4, -0.2) is 16.1 Å². The maximum Gasteiger partial charge on any atom is 0.339 e. The number of nitrogens with zero attached hydrogens (tertiary/aromatic N) is 1. The number of rotatable bonds is 3. The summed E-state index contributed by atoms with van der Waals surface area (Å²) in [5.74, 6) is -0.362. The molecule has 0 saturated carbocycles. The Morgan fingerprint density at radius 2 is 2.05 bits per heavy atom. The Morgan fingerprint density at radius 3 is 2.68 bits per heavy atom. The van der Waals surface area contributed by atoms with Gasteiger partial charge in [-0.15, -0.1) is 0 Å². The standard InChI is InChI=1S/C14H12BrNO3/c1-8-3-4-10(14(17)18)12(5-8)19-13-6-9(2)11(15)7-16-13/h3-7H,1-2H3,(H,17,18). The van der Waals surface area contributed by atoms with Crippen molar-refractivity contribution < 1.29 is 14.6 Å². The lowest BCUT2D eigenvalue weighted by Crippen LogP contribution is -2.01. The van der Waals surface area contributed by atoms with E-state index >= 15 is 0 Å². The van der Waals surface area contributed by atoms with Crippen LogP contribution in [0.3, 0.4) is 0 Å².